The van der Waals surface area contributed by atoms with Crippen molar-refractivity contribution >= 4 is 16.8 Å². The number of pyridine rings is 1. The third-order valence-electron chi connectivity index (χ3n) is 4.14. The van der Waals surface area contributed by atoms with E-state index in [-0.39, 0.29) is 5.91 Å². The molecule has 0 aliphatic carbocycles. The number of fused-ring (bicyclic) bond motifs is 1. The summed E-state index contributed by atoms with van der Waals surface area (Å²) in [7, 11) is 0. The molecule has 0 aliphatic rings. The summed E-state index contributed by atoms with van der Waals surface area (Å²) in [5, 5.41) is 3.91. The number of aromatic nitrogens is 1. The molecule has 4 heteroatoms. The first kappa shape index (κ1) is 17.7. The number of allylic oxidation sites excluding steroid dienone is 2. The number of nitrogens with one attached hydrogen (secondary N) is 1. The Balaban J connectivity index is 1.67. The fourth-order valence-electron chi connectivity index (χ4n) is 2.71. The van der Waals surface area contributed by atoms with Crippen LogP contribution in [0.3, 0.4) is 0 Å². The average Bonchev–Trinajstić information content (AvgIpc) is 2.70. The van der Waals surface area contributed by atoms with Gasteiger partial charge in [-0.05, 0) is 55.0 Å². The smallest absolute Gasteiger partial charge is 0.251 e. The van der Waals surface area contributed by atoms with E-state index < -0.39 is 0 Å². The zero-order valence-corrected chi connectivity index (χ0v) is 15.0. The van der Waals surface area contributed by atoms with Gasteiger partial charge in [-0.15, -0.1) is 0 Å². The Morgan fingerprint density at radius 1 is 1.15 bits per heavy atom. The molecule has 0 spiro atoms. The van der Waals surface area contributed by atoms with Crippen LogP contribution in [0.5, 0.6) is 5.75 Å². The normalized spacial score (nSPS) is 11.4. The number of hydrogen-bond acceptors (Lipinski definition) is 3. The van der Waals surface area contributed by atoms with Gasteiger partial charge in [-0.3, -0.25) is 9.78 Å². The van der Waals surface area contributed by atoms with E-state index in [1.54, 1.807) is 12.3 Å². The Labute approximate surface area is 153 Å². The number of ether oxygens (including phenoxy) is 1. The van der Waals surface area contributed by atoms with Crippen LogP contribution in [0.25, 0.3) is 10.9 Å². The fraction of sp³-hybridized carbons (Fsp3) is 0.182. The van der Waals surface area contributed by atoms with Crippen LogP contribution in [0.2, 0.25) is 0 Å². The zero-order chi connectivity index (χ0) is 18.4. The van der Waals surface area contributed by atoms with Gasteiger partial charge in [0.2, 0.25) is 0 Å². The Kier molecular flexibility index (Phi) is 5.64. The highest BCUT2D eigenvalue weighted by atomic mass is 16.5. The van der Waals surface area contributed by atoms with E-state index in [4.69, 9.17) is 4.74 Å². The Morgan fingerprint density at radius 3 is 2.85 bits per heavy atom. The van der Waals surface area contributed by atoms with Crippen molar-refractivity contribution in [3.05, 3.63) is 83.8 Å². The summed E-state index contributed by atoms with van der Waals surface area (Å²) in [6.45, 7) is 4.46. The van der Waals surface area contributed by atoms with Crippen LogP contribution in [0.4, 0.5) is 0 Å². The highest BCUT2D eigenvalue weighted by Gasteiger charge is 2.07. The lowest BCUT2D eigenvalue weighted by Gasteiger charge is -2.10. The van der Waals surface area contributed by atoms with Crippen LogP contribution in [0.15, 0.2) is 72.6 Å². The predicted molar refractivity (Wildman–Crippen MR) is 104 cm³/mol. The summed E-state index contributed by atoms with van der Waals surface area (Å²) < 4.78 is 5.83. The quantitative estimate of drug-likeness (QED) is 0.649. The molecular formula is C22H22N2O2. The minimum atomic E-state index is -0.107. The molecule has 26 heavy (non-hydrogen) atoms. The highest BCUT2D eigenvalue weighted by molar-refractivity contribution is 5.97. The summed E-state index contributed by atoms with van der Waals surface area (Å²) in [6.07, 6.45) is 4.55. The molecular weight excluding hydrogens is 324 g/mol. The van der Waals surface area contributed by atoms with Crippen LogP contribution >= 0.6 is 0 Å². The number of rotatable bonds is 6. The van der Waals surface area contributed by atoms with E-state index in [9.17, 15) is 4.79 Å². The molecule has 0 bridgehead atoms. The van der Waals surface area contributed by atoms with E-state index in [1.807, 2.05) is 61.5 Å². The van der Waals surface area contributed by atoms with Crippen LogP contribution in [0, 0.1) is 0 Å². The molecule has 1 N–H and O–H groups in total. The van der Waals surface area contributed by atoms with E-state index in [2.05, 4.69) is 17.2 Å². The number of carbonyl (C=O) groups is 1. The van der Waals surface area contributed by atoms with Gasteiger partial charge in [-0.25, -0.2) is 0 Å². The van der Waals surface area contributed by atoms with Gasteiger partial charge in [0.1, 0.15) is 5.75 Å². The molecule has 0 fully saturated rings. The number of nitrogens with zero attached hydrogens (tertiary/aromatic N) is 1. The van der Waals surface area contributed by atoms with Gasteiger partial charge >= 0.3 is 0 Å². The van der Waals surface area contributed by atoms with Crippen molar-refractivity contribution in [1.82, 2.24) is 10.3 Å². The minimum absolute atomic E-state index is 0.107. The molecule has 0 saturated carbocycles. The second-order valence-corrected chi connectivity index (χ2v) is 5.95. The maximum absolute atomic E-state index is 12.4. The molecule has 0 unspecified atom stereocenters. The molecule has 0 saturated heterocycles. The fourth-order valence-corrected chi connectivity index (χ4v) is 2.71. The van der Waals surface area contributed by atoms with Gasteiger partial charge < -0.3 is 10.1 Å². The summed E-state index contributed by atoms with van der Waals surface area (Å²) in [6, 6.07) is 17.1. The molecule has 4 nitrogen and oxygen atoms in total. The molecule has 1 heterocycles. The average molecular weight is 346 g/mol. The third kappa shape index (κ3) is 4.28. The molecule has 1 aromatic heterocycles. The van der Waals surface area contributed by atoms with Gasteiger partial charge in [0.25, 0.3) is 5.91 Å². The standard InChI is InChI=1S/C22H22N2O2/c1-3-19(4-2)26-20-9-5-7-16(13-20)15-24-22(25)18-10-11-21-17(14-18)8-6-12-23-21/h3,5-14H,4,15H2,1-2H3,(H,24,25). The lowest BCUT2D eigenvalue weighted by molar-refractivity contribution is 0.0951. The monoisotopic (exact) mass is 346 g/mol. The van der Waals surface area contributed by atoms with Crippen molar-refractivity contribution < 1.29 is 9.53 Å². The second-order valence-electron chi connectivity index (χ2n) is 5.95. The molecule has 0 radical (unpaired) electrons. The maximum Gasteiger partial charge on any atom is 0.251 e. The van der Waals surface area contributed by atoms with Crippen LogP contribution in [-0.2, 0) is 6.54 Å². The SMILES string of the molecule is CC=C(CC)Oc1cccc(CNC(=O)c2ccc3ncccc3c2)c1. The van der Waals surface area contributed by atoms with Gasteiger partial charge in [0, 0.05) is 30.1 Å². The Hall–Kier alpha value is -3.14. The van der Waals surface area contributed by atoms with Gasteiger partial charge in [0.15, 0.2) is 0 Å². The summed E-state index contributed by atoms with van der Waals surface area (Å²) in [4.78, 5) is 16.7. The highest BCUT2D eigenvalue weighted by Crippen LogP contribution is 2.18. The van der Waals surface area contributed by atoms with E-state index in [0.717, 1.165) is 34.4 Å². The molecule has 0 aliphatic heterocycles. The van der Waals surface area contributed by atoms with Crippen molar-refractivity contribution in [3.63, 3.8) is 0 Å². The van der Waals surface area contributed by atoms with Crippen LogP contribution in [-0.4, -0.2) is 10.9 Å². The number of hydrogen-bond donors (Lipinski definition) is 1. The summed E-state index contributed by atoms with van der Waals surface area (Å²) in [5.41, 5.74) is 2.49. The maximum atomic E-state index is 12.4. The van der Waals surface area contributed by atoms with Crippen LogP contribution < -0.4 is 10.1 Å². The van der Waals surface area contributed by atoms with Crippen molar-refractivity contribution in [2.24, 2.45) is 0 Å². The number of amides is 1. The number of carbonyl (C=O) groups excluding carboxylic acids is 1. The molecule has 3 aromatic rings. The molecule has 2 aromatic carbocycles. The molecule has 132 valence electrons. The van der Waals surface area contributed by atoms with Crippen molar-refractivity contribution in [2.75, 3.05) is 0 Å². The van der Waals surface area contributed by atoms with Crippen molar-refractivity contribution in [2.45, 2.75) is 26.8 Å². The number of benzene rings is 2. The lowest BCUT2D eigenvalue weighted by Crippen LogP contribution is -2.22. The van der Waals surface area contributed by atoms with Gasteiger partial charge in [-0.2, -0.15) is 0 Å². The molecule has 1 amide bonds. The lowest BCUT2D eigenvalue weighted by atomic mass is 10.1. The van der Waals surface area contributed by atoms with Gasteiger partial charge in [0.05, 0.1) is 11.3 Å². The predicted octanol–water partition coefficient (Wildman–Crippen LogP) is 4.86. The first-order valence-electron chi connectivity index (χ1n) is 8.74. The Bertz CT molecular complexity index is 948. The van der Waals surface area contributed by atoms with E-state index >= 15 is 0 Å². The van der Waals surface area contributed by atoms with Crippen LogP contribution in [0.1, 0.15) is 36.2 Å². The summed E-state index contributed by atoms with van der Waals surface area (Å²) in [5.74, 6) is 1.60. The largest absolute Gasteiger partial charge is 0.462 e. The van der Waals surface area contributed by atoms with E-state index in [1.165, 1.54) is 0 Å². The first-order valence-corrected chi connectivity index (χ1v) is 8.74. The minimum Gasteiger partial charge on any atom is -0.462 e. The first-order chi connectivity index (χ1) is 12.7. The molecule has 0 atom stereocenters. The Morgan fingerprint density at radius 2 is 2.04 bits per heavy atom. The van der Waals surface area contributed by atoms with Gasteiger partial charge in [-0.1, -0.05) is 25.1 Å². The molecule has 3 rings (SSSR count). The van der Waals surface area contributed by atoms with E-state index in [0.29, 0.717) is 12.1 Å². The van der Waals surface area contributed by atoms with Crippen molar-refractivity contribution in [3.8, 4) is 5.75 Å². The summed E-state index contributed by atoms with van der Waals surface area (Å²) >= 11 is 0. The second kappa shape index (κ2) is 8.30. The topological polar surface area (TPSA) is 51.2 Å². The zero-order valence-electron chi connectivity index (χ0n) is 15.0. The van der Waals surface area contributed by atoms with Crippen molar-refractivity contribution in [1.29, 1.82) is 0 Å². The third-order valence-corrected chi connectivity index (χ3v) is 4.14.